The Hall–Kier alpha value is -2.18. The van der Waals surface area contributed by atoms with E-state index in [4.69, 9.17) is 56.7 Å². The molecule has 0 aliphatic carbocycles. The molecule has 0 spiro atoms. The minimum Gasteiger partial charge on any atom is -0.446 e. The van der Waals surface area contributed by atoms with E-state index >= 15 is 0 Å². The second-order valence-corrected chi connectivity index (χ2v) is 22.1. The molecule has 4 heterocycles. The van der Waals surface area contributed by atoms with Crippen molar-refractivity contribution in [2.75, 3.05) is 12.3 Å². The monoisotopic (exact) mass is 679 g/mol. The first-order chi connectivity index (χ1) is 20.8. The van der Waals surface area contributed by atoms with Gasteiger partial charge in [0.15, 0.2) is 23.1 Å². The minimum atomic E-state index is -3.02. The van der Waals surface area contributed by atoms with E-state index < -0.39 is 41.7 Å². The first-order valence-corrected chi connectivity index (χ1v) is 19.8. The van der Waals surface area contributed by atoms with E-state index in [2.05, 4.69) is 70.3 Å². The molecule has 2 fully saturated rings. The van der Waals surface area contributed by atoms with E-state index in [1.807, 2.05) is 18.2 Å². The number of anilines is 1. The van der Waals surface area contributed by atoms with Gasteiger partial charge in [0, 0.05) is 12.2 Å². The second-order valence-electron chi connectivity index (χ2n) is 12.6. The average molecular weight is 680 g/mol. The first kappa shape index (κ1) is 33.2. The molecule has 2 aromatic heterocycles. The van der Waals surface area contributed by atoms with Crippen molar-refractivity contribution in [1.82, 2.24) is 19.5 Å². The van der Waals surface area contributed by atoms with Gasteiger partial charge in [-0.15, -0.1) is 0 Å². The molecule has 2 aliphatic heterocycles. The van der Waals surface area contributed by atoms with E-state index in [1.54, 1.807) is 23.0 Å². The maximum absolute atomic E-state index is 7.38. The highest BCUT2D eigenvalue weighted by molar-refractivity contribution is 7.79. The Morgan fingerprint density at radius 3 is 2.25 bits per heavy atom. The number of nitrogens with two attached hydrogens (primary N) is 1. The second kappa shape index (κ2) is 12.9. The van der Waals surface area contributed by atoms with Crippen molar-refractivity contribution < 1.29 is 27.2 Å². The summed E-state index contributed by atoms with van der Waals surface area (Å²) < 4.78 is 42.5. The summed E-state index contributed by atoms with van der Waals surface area (Å²) in [5, 5.41) is 0.0633. The molecule has 0 bridgehead atoms. The number of halogens is 1. The zero-order valence-corrected chi connectivity index (χ0v) is 30.0. The van der Waals surface area contributed by atoms with Crippen LogP contribution in [0.1, 0.15) is 61.6 Å². The number of nitrogens with zero attached hydrogens (tertiary/aromatic N) is 4. The van der Waals surface area contributed by atoms with Crippen LogP contribution in [-0.2, 0) is 22.4 Å². The van der Waals surface area contributed by atoms with E-state index in [0.29, 0.717) is 16.9 Å². The zero-order chi connectivity index (χ0) is 32.0. The van der Waals surface area contributed by atoms with Gasteiger partial charge >= 0.3 is 22.4 Å². The molecule has 0 saturated carbocycles. The maximum Gasteiger partial charge on any atom is 0.358 e. The quantitative estimate of drug-likeness (QED) is 0.164. The van der Waals surface area contributed by atoms with Gasteiger partial charge < -0.3 is 32.9 Å². The number of imidazole rings is 1. The van der Waals surface area contributed by atoms with Crippen LogP contribution in [0.25, 0.3) is 11.2 Å². The maximum atomic E-state index is 7.38. The molecule has 3 aromatic rings. The fourth-order valence-electron chi connectivity index (χ4n) is 6.28. The molecule has 2 aliphatic rings. The lowest BCUT2D eigenvalue weighted by atomic mass is 10.1. The van der Waals surface area contributed by atoms with E-state index in [0.717, 1.165) is 0 Å². The van der Waals surface area contributed by atoms with E-state index in [-0.39, 0.29) is 45.1 Å². The van der Waals surface area contributed by atoms with Gasteiger partial charge in [-0.3, -0.25) is 4.57 Å². The molecule has 15 heteroatoms. The van der Waals surface area contributed by atoms with E-state index in [1.165, 1.54) is 0 Å². The van der Waals surface area contributed by atoms with Crippen LogP contribution in [0, 0.1) is 0 Å². The summed E-state index contributed by atoms with van der Waals surface area (Å²) in [5.74, 6) is 0.560. The Bertz CT molecular complexity index is 1460. The molecular formula is C29H42ClN5O6SSi2. The highest BCUT2D eigenvalue weighted by Gasteiger charge is 2.62. The molecular weight excluding hydrogens is 638 g/mol. The first-order valence-electron chi connectivity index (χ1n) is 15.1. The van der Waals surface area contributed by atoms with E-state index in [9.17, 15) is 0 Å². The number of rotatable bonds is 7. The third-order valence-corrected chi connectivity index (χ3v) is 19.2. The number of thiocarbonyl (C=S) groups is 1. The molecule has 2 saturated heterocycles. The van der Waals surface area contributed by atoms with Crippen LogP contribution >= 0.6 is 23.8 Å². The smallest absolute Gasteiger partial charge is 0.358 e. The van der Waals surface area contributed by atoms with Crippen LogP contribution in [0.4, 0.5) is 5.95 Å². The van der Waals surface area contributed by atoms with Crippen molar-refractivity contribution in [3.63, 3.8) is 0 Å². The highest BCUT2D eigenvalue weighted by atomic mass is 35.5. The molecule has 0 unspecified atom stereocenters. The Morgan fingerprint density at radius 1 is 1.00 bits per heavy atom. The van der Waals surface area contributed by atoms with Gasteiger partial charge in [-0.05, 0) is 34.3 Å². The van der Waals surface area contributed by atoms with Crippen LogP contribution in [-0.4, -0.2) is 66.8 Å². The van der Waals surface area contributed by atoms with Crippen molar-refractivity contribution in [2.24, 2.45) is 0 Å². The van der Waals surface area contributed by atoms with Gasteiger partial charge in [-0.1, -0.05) is 85.2 Å². The minimum absolute atomic E-state index is 0.0114. The number of aromatic nitrogens is 4. The number of hydrogen-bond acceptors (Lipinski definition) is 11. The number of ether oxygens (including phenoxy) is 3. The highest BCUT2D eigenvalue weighted by Crippen LogP contribution is 2.49. The lowest BCUT2D eigenvalue weighted by Crippen LogP contribution is -2.66. The third-order valence-electron chi connectivity index (χ3n) is 8.46. The molecule has 4 atom stereocenters. The Balaban J connectivity index is 1.61. The van der Waals surface area contributed by atoms with Crippen molar-refractivity contribution in [3.05, 3.63) is 41.8 Å². The number of fused-ring (bicyclic) bond motifs is 2. The van der Waals surface area contributed by atoms with Gasteiger partial charge in [0.1, 0.15) is 23.5 Å². The van der Waals surface area contributed by atoms with Gasteiger partial charge in [-0.25, -0.2) is 4.98 Å². The zero-order valence-electron chi connectivity index (χ0n) is 26.4. The standard InChI is InChI=1S/C29H42ClN5O6SSi2/c1-16(2)43(17(3)4)36-14-21-23(40-44(41-43,18(5)6)19(7)8)24(39-29(42)37-20-12-10-9-11-13-20)27(38-21)35-15-32-22-25(30)33-28(31)34-26(22)35/h9-13,15-19,21,23-24,27H,14H2,1-8H3,(H2,31,33,34)/t21-,23-,24-,27-/m1/s1. The lowest BCUT2D eigenvalue weighted by molar-refractivity contribution is -0.0569. The molecule has 5 rings (SSSR count). The Morgan fingerprint density at radius 2 is 1.64 bits per heavy atom. The summed E-state index contributed by atoms with van der Waals surface area (Å²) in [4.78, 5) is 12.9. The molecule has 0 radical (unpaired) electrons. The van der Waals surface area contributed by atoms with Crippen molar-refractivity contribution in [1.29, 1.82) is 0 Å². The summed E-state index contributed by atoms with van der Waals surface area (Å²) in [6.07, 6.45) is -1.13. The van der Waals surface area contributed by atoms with Gasteiger partial charge in [0.2, 0.25) is 5.95 Å². The normalized spacial score (nSPS) is 24.9. The van der Waals surface area contributed by atoms with Crippen LogP contribution < -0.4 is 10.5 Å². The summed E-state index contributed by atoms with van der Waals surface area (Å²) in [6, 6.07) is 9.22. The predicted octanol–water partition coefficient (Wildman–Crippen LogP) is 6.66. The average Bonchev–Trinajstić information content (AvgIpc) is 3.49. The van der Waals surface area contributed by atoms with Gasteiger partial charge in [-0.2, -0.15) is 9.97 Å². The topological polar surface area (TPSA) is 125 Å². The van der Waals surface area contributed by atoms with Crippen LogP contribution in [0.2, 0.25) is 27.3 Å². The van der Waals surface area contributed by atoms with Crippen LogP contribution in [0.15, 0.2) is 36.7 Å². The summed E-state index contributed by atoms with van der Waals surface area (Å²) in [5.41, 5.74) is 7.33. The SMILES string of the molecule is CC(C)[Si]1(C(C)C)OC[C@H]2O[C@@H](n3cnc4c(Cl)nc(N)nc43)[C@H](OC(=S)Oc3ccccc3)[C@@H]2O[Si](C(C)C)(C(C)C)O1. The third kappa shape index (κ3) is 6.02. The molecule has 1 aromatic carbocycles. The predicted molar refractivity (Wildman–Crippen MR) is 177 cm³/mol. The van der Waals surface area contributed by atoms with Crippen molar-refractivity contribution in [2.45, 2.75) is 102 Å². The summed E-state index contributed by atoms with van der Waals surface area (Å²) in [7, 11) is -5.82. The number of benzene rings is 1. The fourth-order valence-corrected chi connectivity index (χ4v) is 17.9. The summed E-state index contributed by atoms with van der Waals surface area (Å²) in [6.45, 7) is 17.6. The lowest BCUT2D eigenvalue weighted by Gasteiger charge is -2.51. The van der Waals surface area contributed by atoms with Crippen molar-refractivity contribution in [3.8, 4) is 5.75 Å². The number of para-hydroxylation sites is 1. The molecule has 240 valence electrons. The molecule has 2 N–H and O–H groups in total. The molecule has 0 amide bonds. The fraction of sp³-hybridized carbons (Fsp3) is 0.586. The number of hydrogen-bond donors (Lipinski definition) is 1. The number of nitrogen functional groups attached to an aromatic ring is 1. The Labute approximate surface area is 271 Å². The summed E-state index contributed by atoms with van der Waals surface area (Å²) >= 11 is 12.0. The van der Waals surface area contributed by atoms with Gasteiger partial charge in [0.25, 0.3) is 0 Å². The van der Waals surface area contributed by atoms with Crippen LogP contribution in [0.3, 0.4) is 0 Å². The van der Waals surface area contributed by atoms with Gasteiger partial charge in [0.05, 0.1) is 12.9 Å². The Kier molecular flexibility index (Phi) is 9.74. The molecule has 44 heavy (non-hydrogen) atoms. The largest absolute Gasteiger partial charge is 0.446 e. The van der Waals surface area contributed by atoms with Crippen LogP contribution in [0.5, 0.6) is 5.75 Å². The molecule has 11 nitrogen and oxygen atoms in total. The van der Waals surface area contributed by atoms with Crippen molar-refractivity contribution >= 4 is 63.3 Å².